The van der Waals surface area contributed by atoms with E-state index in [1.807, 2.05) is 0 Å². The molecule has 0 aliphatic heterocycles. The summed E-state index contributed by atoms with van der Waals surface area (Å²) in [5, 5.41) is 3.67. The van der Waals surface area contributed by atoms with Gasteiger partial charge in [0.25, 0.3) is 5.56 Å². The lowest BCUT2D eigenvalue weighted by Gasteiger charge is -2.13. The summed E-state index contributed by atoms with van der Waals surface area (Å²) in [6.45, 7) is -0.492. The van der Waals surface area contributed by atoms with Crippen LogP contribution in [0.2, 0.25) is 5.02 Å². The Morgan fingerprint density at radius 1 is 1.09 bits per heavy atom. The van der Waals surface area contributed by atoms with Crippen molar-refractivity contribution in [3.8, 4) is 5.75 Å². The molecule has 34 heavy (non-hydrogen) atoms. The van der Waals surface area contributed by atoms with Crippen LogP contribution in [0.25, 0.3) is 22.1 Å². The molecule has 0 fully saturated rings. The predicted octanol–water partition coefficient (Wildman–Crippen LogP) is 3.85. The molecule has 0 saturated carbocycles. The zero-order chi connectivity index (χ0) is 23.8. The molecule has 3 aromatic heterocycles. The van der Waals surface area contributed by atoms with Gasteiger partial charge >= 0.3 is 5.69 Å². The van der Waals surface area contributed by atoms with Gasteiger partial charge in [-0.1, -0.05) is 23.7 Å². The van der Waals surface area contributed by atoms with E-state index in [-0.39, 0.29) is 24.2 Å². The van der Waals surface area contributed by atoms with Crippen LogP contribution < -0.4 is 21.3 Å². The van der Waals surface area contributed by atoms with Gasteiger partial charge < -0.3 is 18.9 Å². The number of ether oxygens (including phenoxy) is 1. The predicted molar refractivity (Wildman–Crippen MR) is 127 cm³/mol. The Labute approximate surface area is 196 Å². The van der Waals surface area contributed by atoms with Crippen molar-refractivity contribution in [1.29, 1.82) is 0 Å². The third kappa shape index (κ3) is 3.75. The molecule has 0 radical (unpaired) electrons. The lowest BCUT2D eigenvalue weighted by Crippen LogP contribution is -2.41. The van der Waals surface area contributed by atoms with Crippen LogP contribution in [0.5, 0.6) is 5.75 Å². The van der Waals surface area contributed by atoms with Crippen molar-refractivity contribution < 1.29 is 18.4 Å². The van der Waals surface area contributed by atoms with Crippen molar-refractivity contribution in [1.82, 2.24) is 9.13 Å². The molecule has 1 amide bonds. The summed E-state index contributed by atoms with van der Waals surface area (Å²) < 4.78 is 18.6. The molecule has 0 spiro atoms. The Bertz CT molecular complexity index is 1650. The highest BCUT2D eigenvalue weighted by Crippen LogP contribution is 2.28. The number of para-hydroxylation sites is 1. The van der Waals surface area contributed by atoms with Crippen molar-refractivity contribution >= 4 is 45.3 Å². The van der Waals surface area contributed by atoms with E-state index in [1.54, 1.807) is 54.6 Å². The molecule has 9 nitrogen and oxygen atoms in total. The Morgan fingerprint density at radius 3 is 2.68 bits per heavy atom. The van der Waals surface area contributed by atoms with Crippen LogP contribution in [0.3, 0.4) is 0 Å². The molecule has 0 bridgehead atoms. The fourth-order valence-corrected chi connectivity index (χ4v) is 4.02. The summed E-state index contributed by atoms with van der Waals surface area (Å²) in [6.07, 6.45) is 1.45. The fourth-order valence-electron chi connectivity index (χ4n) is 3.85. The van der Waals surface area contributed by atoms with Gasteiger partial charge in [0.05, 0.1) is 25.6 Å². The van der Waals surface area contributed by atoms with Crippen LogP contribution in [0.4, 0.5) is 5.69 Å². The summed E-state index contributed by atoms with van der Waals surface area (Å²) in [4.78, 5) is 39.7. The van der Waals surface area contributed by atoms with Crippen molar-refractivity contribution in [2.24, 2.45) is 0 Å². The van der Waals surface area contributed by atoms with Gasteiger partial charge in [0.15, 0.2) is 0 Å². The first-order valence-electron chi connectivity index (χ1n) is 10.3. The number of halogens is 1. The zero-order valence-electron chi connectivity index (χ0n) is 17.9. The highest BCUT2D eigenvalue weighted by Gasteiger charge is 2.22. The minimum absolute atomic E-state index is 0.0273. The molecule has 10 heteroatoms. The van der Waals surface area contributed by atoms with Gasteiger partial charge in [0.2, 0.25) is 11.5 Å². The van der Waals surface area contributed by atoms with E-state index < -0.39 is 17.2 Å². The van der Waals surface area contributed by atoms with E-state index in [4.69, 9.17) is 25.2 Å². The summed E-state index contributed by atoms with van der Waals surface area (Å²) in [6, 6.07) is 15.0. The van der Waals surface area contributed by atoms with Gasteiger partial charge in [-0.3, -0.25) is 14.2 Å². The van der Waals surface area contributed by atoms with E-state index in [0.717, 1.165) is 4.57 Å². The van der Waals surface area contributed by atoms with Gasteiger partial charge in [0, 0.05) is 10.4 Å². The number of fused-ring (bicyclic) bond motifs is 3. The number of carbonyl (C=O) groups is 1. The first-order valence-corrected chi connectivity index (χ1v) is 10.6. The number of nitrogens with one attached hydrogen (secondary N) is 1. The fraction of sp³-hybridized carbons (Fsp3) is 0.125. The van der Waals surface area contributed by atoms with Gasteiger partial charge in [-0.15, -0.1) is 0 Å². The number of benzene rings is 2. The summed E-state index contributed by atoms with van der Waals surface area (Å²) >= 11 is 6.06. The monoisotopic (exact) mass is 479 g/mol. The van der Waals surface area contributed by atoms with E-state index in [2.05, 4.69) is 5.32 Å². The molecule has 172 valence electrons. The maximum absolute atomic E-state index is 13.5. The van der Waals surface area contributed by atoms with Gasteiger partial charge in [-0.2, -0.15) is 0 Å². The molecule has 5 rings (SSSR count). The number of hydrogen-bond donors (Lipinski definition) is 1. The van der Waals surface area contributed by atoms with E-state index in [9.17, 15) is 14.4 Å². The normalized spacial score (nSPS) is 11.2. The number of methoxy groups -OCH3 is 1. The third-order valence-electron chi connectivity index (χ3n) is 5.37. The molecule has 0 saturated heterocycles. The highest BCUT2D eigenvalue weighted by molar-refractivity contribution is 6.31. The average Bonchev–Trinajstić information content (AvgIpc) is 3.47. The van der Waals surface area contributed by atoms with Crippen LogP contribution in [0.15, 0.2) is 79.3 Å². The smallest absolute Gasteiger partial charge is 0.332 e. The van der Waals surface area contributed by atoms with Crippen LogP contribution >= 0.6 is 11.6 Å². The van der Waals surface area contributed by atoms with Crippen LogP contribution in [0.1, 0.15) is 5.76 Å². The molecule has 0 unspecified atom stereocenters. The minimum atomic E-state index is -0.673. The second-order valence-corrected chi connectivity index (χ2v) is 7.94. The number of nitrogens with zero attached hydrogens (tertiary/aromatic N) is 2. The maximum atomic E-state index is 13.5. The lowest BCUT2D eigenvalue weighted by molar-refractivity contribution is -0.116. The topological polar surface area (TPSA) is 109 Å². The van der Waals surface area contributed by atoms with E-state index >= 15 is 0 Å². The van der Waals surface area contributed by atoms with Gasteiger partial charge in [-0.05, 0) is 42.5 Å². The Kier molecular flexibility index (Phi) is 5.46. The van der Waals surface area contributed by atoms with Crippen molar-refractivity contribution in [3.05, 3.63) is 92.5 Å². The number of aromatic nitrogens is 2. The van der Waals surface area contributed by atoms with Crippen molar-refractivity contribution in [3.63, 3.8) is 0 Å². The molecule has 1 N–H and O–H groups in total. The quantitative estimate of drug-likeness (QED) is 0.396. The maximum Gasteiger partial charge on any atom is 0.332 e. The first-order chi connectivity index (χ1) is 16.5. The number of hydrogen-bond acceptors (Lipinski definition) is 6. The molecule has 5 aromatic rings. The molecular formula is C24H18ClN3O6. The van der Waals surface area contributed by atoms with E-state index in [0.29, 0.717) is 33.2 Å². The number of rotatable bonds is 6. The van der Waals surface area contributed by atoms with Crippen molar-refractivity contribution in [2.45, 2.75) is 13.1 Å². The van der Waals surface area contributed by atoms with Gasteiger partial charge in [-0.25, -0.2) is 9.36 Å². The average molecular weight is 480 g/mol. The molecule has 0 atom stereocenters. The summed E-state index contributed by atoms with van der Waals surface area (Å²) in [5.74, 6) is 0.304. The number of amides is 1. The zero-order valence-corrected chi connectivity index (χ0v) is 18.7. The number of anilines is 1. The Morgan fingerprint density at radius 2 is 1.91 bits per heavy atom. The van der Waals surface area contributed by atoms with E-state index in [1.165, 1.54) is 17.9 Å². The highest BCUT2D eigenvalue weighted by atomic mass is 35.5. The minimum Gasteiger partial charge on any atom is -0.495 e. The van der Waals surface area contributed by atoms with Crippen LogP contribution in [0, 0.1) is 0 Å². The number of furan rings is 2. The third-order valence-corrected chi connectivity index (χ3v) is 5.61. The lowest BCUT2D eigenvalue weighted by atomic mass is 10.2. The molecular weight excluding hydrogens is 462 g/mol. The van der Waals surface area contributed by atoms with Crippen LogP contribution in [-0.4, -0.2) is 22.2 Å². The molecule has 3 heterocycles. The molecule has 0 aliphatic rings. The first kappa shape index (κ1) is 21.6. The molecule has 0 aliphatic carbocycles. The second kappa shape index (κ2) is 8.60. The SMILES string of the molecule is COc1ccc(Cl)cc1NC(=O)Cn1c(=O)n(Cc2ccco2)c(=O)c2oc3ccccc3c21. The van der Waals surface area contributed by atoms with Crippen LogP contribution in [-0.2, 0) is 17.9 Å². The largest absolute Gasteiger partial charge is 0.495 e. The Balaban J connectivity index is 1.64. The second-order valence-electron chi connectivity index (χ2n) is 7.51. The summed E-state index contributed by atoms with van der Waals surface area (Å²) in [7, 11) is 1.47. The standard InChI is InChI=1S/C24H18ClN3O6/c1-32-19-9-8-14(25)11-17(19)26-20(29)13-27-21-16-6-2-3-7-18(16)34-22(21)23(30)28(24(27)31)12-15-5-4-10-33-15/h2-11H,12-13H2,1H3,(H,26,29). The summed E-state index contributed by atoms with van der Waals surface area (Å²) in [5.41, 5.74) is -0.287. The van der Waals surface area contributed by atoms with Crippen molar-refractivity contribution in [2.75, 3.05) is 12.4 Å². The van der Waals surface area contributed by atoms with Gasteiger partial charge in [0.1, 0.15) is 29.2 Å². The Hall–Kier alpha value is -4.24. The number of carbonyl (C=O) groups excluding carboxylic acids is 1. The molecule has 2 aromatic carbocycles.